The zero-order chi connectivity index (χ0) is 14.9. The molecule has 1 unspecified atom stereocenters. The molecule has 1 fully saturated rings. The Kier molecular flexibility index (Phi) is 17.3. The fourth-order valence-electron chi connectivity index (χ4n) is 2.50. The molecule has 0 bridgehead atoms. The third-order valence-electron chi connectivity index (χ3n) is 3.92. The van der Waals surface area contributed by atoms with Crippen LogP contribution in [0, 0.1) is 0 Å². The molecule has 0 aromatic rings. The SMILES string of the molecule is CCCCCCCCCCCCO.C[SiH]1CCCCO1. The summed E-state index contributed by atoms with van der Waals surface area (Å²) < 4.78 is 5.42. The van der Waals surface area contributed by atoms with Crippen LogP contribution in [0.1, 0.15) is 84.0 Å². The Morgan fingerprint density at radius 2 is 1.40 bits per heavy atom. The van der Waals surface area contributed by atoms with Crippen LogP contribution in [-0.2, 0) is 4.43 Å². The minimum Gasteiger partial charge on any atom is -0.420 e. The summed E-state index contributed by atoms with van der Waals surface area (Å²) in [6.07, 6.45) is 16.0. The van der Waals surface area contributed by atoms with Crippen LogP contribution in [-0.4, -0.2) is 27.4 Å². The van der Waals surface area contributed by atoms with E-state index in [-0.39, 0.29) is 0 Å². The van der Waals surface area contributed by atoms with Crippen molar-refractivity contribution in [2.45, 2.75) is 96.6 Å². The van der Waals surface area contributed by atoms with Gasteiger partial charge in [-0.05, 0) is 25.4 Å². The molecule has 0 aliphatic carbocycles. The predicted octanol–water partition coefficient (Wildman–Crippen LogP) is 5.05. The maximum Gasteiger partial charge on any atom is 0.173 e. The molecule has 1 atom stereocenters. The van der Waals surface area contributed by atoms with Crippen LogP contribution in [0.4, 0.5) is 0 Å². The summed E-state index contributed by atoms with van der Waals surface area (Å²) in [6, 6.07) is 1.40. The Bertz CT molecular complexity index is 160. The van der Waals surface area contributed by atoms with Gasteiger partial charge in [0.25, 0.3) is 0 Å². The van der Waals surface area contributed by atoms with Crippen molar-refractivity contribution in [1.82, 2.24) is 0 Å². The molecule has 122 valence electrons. The first-order valence-electron chi connectivity index (χ1n) is 9.03. The molecule has 0 spiro atoms. The van der Waals surface area contributed by atoms with E-state index in [4.69, 9.17) is 9.53 Å². The maximum atomic E-state index is 8.57. The average Bonchev–Trinajstić information content (AvgIpc) is 2.47. The van der Waals surface area contributed by atoms with Crippen molar-refractivity contribution in [3.8, 4) is 0 Å². The third kappa shape index (κ3) is 16.2. The van der Waals surface area contributed by atoms with Gasteiger partial charge in [-0.15, -0.1) is 0 Å². The van der Waals surface area contributed by atoms with Gasteiger partial charge in [0.05, 0.1) is 0 Å². The lowest BCUT2D eigenvalue weighted by molar-refractivity contribution is 0.282. The van der Waals surface area contributed by atoms with E-state index in [1.54, 1.807) is 0 Å². The van der Waals surface area contributed by atoms with Gasteiger partial charge in [-0.3, -0.25) is 0 Å². The lowest BCUT2D eigenvalue weighted by Crippen LogP contribution is -2.18. The second-order valence-corrected chi connectivity index (χ2v) is 8.61. The number of aliphatic hydroxyl groups is 1. The molecule has 1 saturated heterocycles. The Labute approximate surface area is 129 Å². The molecule has 1 rings (SSSR count). The second-order valence-electron chi connectivity index (χ2n) is 6.08. The standard InChI is InChI=1S/C12H26O.C5H12OSi/c1-2-3-4-5-6-7-8-9-10-11-12-13;1-7-5-3-2-4-6-7/h13H,2-12H2,1H3;7H,2-5H2,1H3. The highest BCUT2D eigenvalue weighted by atomic mass is 28.3. The number of rotatable bonds is 10. The Hall–Kier alpha value is 0.137. The van der Waals surface area contributed by atoms with Crippen LogP contribution in [0.3, 0.4) is 0 Å². The Balaban J connectivity index is 0.000000428. The van der Waals surface area contributed by atoms with E-state index in [0.717, 1.165) is 13.0 Å². The summed E-state index contributed by atoms with van der Waals surface area (Å²) in [5.41, 5.74) is 0. The number of unbranched alkanes of at least 4 members (excludes halogenated alkanes) is 9. The summed E-state index contributed by atoms with van der Waals surface area (Å²) in [7, 11) is -0.595. The van der Waals surface area contributed by atoms with Gasteiger partial charge in [-0.2, -0.15) is 0 Å². The molecular weight excluding hydrogens is 264 g/mol. The third-order valence-corrected chi connectivity index (χ3v) is 5.95. The first-order valence-corrected chi connectivity index (χ1v) is 11.5. The van der Waals surface area contributed by atoms with Gasteiger partial charge in [0, 0.05) is 13.2 Å². The number of hydrogen-bond acceptors (Lipinski definition) is 2. The molecule has 1 heterocycles. The largest absolute Gasteiger partial charge is 0.420 e. The van der Waals surface area contributed by atoms with Gasteiger partial charge in [0.1, 0.15) is 0 Å². The fourth-order valence-corrected chi connectivity index (χ4v) is 4.10. The minimum atomic E-state index is -0.595. The van der Waals surface area contributed by atoms with Crippen molar-refractivity contribution in [1.29, 1.82) is 0 Å². The van der Waals surface area contributed by atoms with E-state index in [1.807, 2.05) is 0 Å². The van der Waals surface area contributed by atoms with Gasteiger partial charge in [-0.25, -0.2) is 0 Å². The molecule has 0 amide bonds. The van der Waals surface area contributed by atoms with Crippen LogP contribution >= 0.6 is 0 Å². The average molecular weight is 303 g/mol. The van der Waals surface area contributed by atoms with E-state index in [2.05, 4.69) is 13.5 Å². The summed E-state index contributed by atoms with van der Waals surface area (Å²) in [5.74, 6) is 0. The van der Waals surface area contributed by atoms with Gasteiger partial charge >= 0.3 is 0 Å². The molecule has 20 heavy (non-hydrogen) atoms. The lowest BCUT2D eigenvalue weighted by atomic mass is 10.1. The van der Waals surface area contributed by atoms with Crippen molar-refractivity contribution in [2.75, 3.05) is 13.2 Å². The molecule has 0 aromatic heterocycles. The molecule has 0 radical (unpaired) electrons. The summed E-state index contributed by atoms with van der Waals surface area (Å²) in [6.45, 7) is 5.96. The highest BCUT2D eigenvalue weighted by Crippen LogP contribution is 2.10. The summed E-state index contributed by atoms with van der Waals surface area (Å²) in [4.78, 5) is 0. The lowest BCUT2D eigenvalue weighted by Gasteiger charge is -2.16. The molecule has 0 aromatic carbocycles. The van der Waals surface area contributed by atoms with Crippen molar-refractivity contribution >= 4 is 9.04 Å². The number of aliphatic hydroxyl groups excluding tert-OH is 1. The van der Waals surface area contributed by atoms with Crippen molar-refractivity contribution < 1.29 is 9.53 Å². The van der Waals surface area contributed by atoms with Crippen LogP contribution in [0.25, 0.3) is 0 Å². The molecule has 1 N–H and O–H groups in total. The van der Waals surface area contributed by atoms with Gasteiger partial charge in [0.2, 0.25) is 0 Å². The van der Waals surface area contributed by atoms with Crippen LogP contribution < -0.4 is 0 Å². The monoisotopic (exact) mass is 302 g/mol. The quantitative estimate of drug-likeness (QED) is 0.452. The van der Waals surface area contributed by atoms with E-state index in [0.29, 0.717) is 6.61 Å². The maximum absolute atomic E-state index is 8.57. The van der Waals surface area contributed by atoms with E-state index < -0.39 is 9.04 Å². The molecular formula is C17H38O2Si. The summed E-state index contributed by atoms with van der Waals surface area (Å²) in [5, 5.41) is 8.57. The van der Waals surface area contributed by atoms with Crippen LogP contribution in [0.2, 0.25) is 12.6 Å². The minimum absolute atomic E-state index is 0.372. The fraction of sp³-hybridized carbons (Fsp3) is 1.00. The number of hydrogen-bond donors (Lipinski definition) is 1. The predicted molar refractivity (Wildman–Crippen MR) is 91.9 cm³/mol. The van der Waals surface area contributed by atoms with E-state index in [9.17, 15) is 0 Å². The zero-order valence-corrected chi connectivity index (χ0v) is 15.2. The Morgan fingerprint density at radius 3 is 1.75 bits per heavy atom. The molecule has 2 nitrogen and oxygen atoms in total. The first-order chi connectivity index (χ1) is 9.81. The van der Waals surface area contributed by atoms with Crippen molar-refractivity contribution in [3.63, 3.8) is 0 Å². The smallest absolute Gasteiger partial charge is 0.173 e. The normalized spacial score (nSPS) is 18.4. The molecule has 0 saturated carbocycles. The van der Waals surface area contributed by atoms with Crippen LogP contribution in [0.5, 0.6) is 0 Å². The van der Waals surface area contributed by atoms with Gasteiger partial charge in [0.15, 0.2) is 9.04 Å². The second kappa shape index (κ2) is 17.2. The molecule has 3 heteroatoms. The van der Waals surface area contributed by atoms with Gasteiger partial charge < -0.3 is 9.53 Å². The first kappa shape index (κ1) is 20.1. The van der Waals surface area contributed by atoms with Crippen molar-refractivity contribution in [2.24, 2.45) is 0 Å². The highest BCUT2D eigenvalue weighted by Gasteiger charge is 2.08. The van der Waals surface area contributed by atoms with E-state index in [1.165, 1.54) is 76.7 Å². The molecule has 1 aliphatic heterocycles. The topological polar surface area (TPSA) is 29.5 Å². The van der Waals surface area contributed by atoms with Crippen LogP contribution in [0.15, 0.2) is 0 Å². The van der Waals surface area contributed by atoms with Crippen molar-refractivity contribution in [3.05, 3.63) is 0 Å². The summed E-state index contributed by atoms with van der Waals surface area (Å²) >= 11 is 0. The molecule has 1 aliphatic rings. The zero-order valence-electron chi connectivity index (χ0n) is 14.0. The Morgan fingerprint density at radius 1 is 0.850 bits per heavy atom. The highest BCUT2D eigenvalue weighted by molar-refractivity contribution is 6.50. The van der Waals surface area contributed by atoms with Gasteiger partial charge in [-0.1, -0.05) is 71.1 Å². The van der Waals surface area contributed by atoms with E-state index >= 15 is 0 Å².